The Morgan fingerprint density at radius 3 is 0.788 bits per heavy atom. The lowest BCUT2D eigenvalue weighted by Crippen LogP contribution is -1.93. The lowest BCUT2D eigenvalue weighted by molar-refractivity contribution is 1.23. The monoisotopic (exact) mass is 930 g/mol. The Hall–Kier alpha value is -4.88. The number of pyridine rings is 4. The summed E-state index contributed by atoms with van der Waals surface area (Å²) >= 11 is 14.3. The molecule has 0 unspecified atom stereocenters. The van der Waals surface area contributed by atoms with E-state index in [1.54, 1.807) is 0 Å². The van der Waals surface area contributed by atoms with Gasteiger partial charge in [0.25, 0.3) is 0 Å². The number of nitrogens with one attached hydrogen (secondary N) is 2. The van der Waals surface area contributed by atoms with Crippen LogP contribution in [0.15, 0.2) is 115 Å². The van der Waals surface area contributed by atoms with E-state index in [-0.39, 0.29) is 0 Å². The van der Waals surface area contributed by atoms with E-state index in [0.29, 0.717) is 0 Å². The van der Waals surface area contributed by atoms with Crippen LogP contribution in [0.5, 0.6) is 0 Å². The standard InChI is InChI=1S/C40H22Br4N8/c41-33-9-1-5-21(49-33)37-25-13-15-27(45-25)38(22-6-2-10-34(42)50-22)29-17-19-31(47-29)40(24-8-4-12-36(44)52-24)32-20-18-30(48-32)39(28-16-14-26(37)46-28)23-7-3-11-35(43)51-23/h1-20,45,48H. The first-order valence-electron chi connectivity index (χ1n) is 16.1. The van der Waals surface area contributed by atoms with Gasteiger partial charge in [-0.2, -0.15) is 0 Å². The fourth-order valence-electron chi connectivity index (χ4n) is 6.47. The van der Waals surface area contributed by atoms with E-state index in [4.69, 9.17) is 29.9 Å². The molecule has 9 rings (SSSR count). The smallest absolute Gasteiger partial charge is 0.106 e. The number of aromatic nitrogens is 8. The lowest BCUT2D eigenvalue weighted by Gasteiger charge is -2.06. The van der Waals surface area contributed by atoms with Gasteiger partial charge in [0.15, 0.2) is 0 Å². The second kappa shape index (κ2) is 13.6. The maximum absolute atomic E-state index is 5.28. The van der Waals surface area contributed by atoms with Crippen LogP contribution in [0.1, 0.15) is 22.8 Å². The van der Waals surface area contributed by atoms with E-state index in [1.807, 2.05) is 97.1 Å². The van der Waals surface area contributed by atoms with Crippen molar-refractivity contribution in [3.63, 3.8) is 0 Å². The third-order valence-corrected chi connectivity index (χ3v) is 10.4. The van der Waals surface area contributed by atoms with Crippen LogP contribution >= 0.6 is 63.7 Å². The third kappa shape index (κ3) is 6.19. The Bertz CT molecular complexity index is 2450. The highest BCUT2D eigenvalue weighted by molar-refractivity contribution is 9.11. The van der Waals surface area contributed by atoms with Gasteiger partial charge in [-0.05, 0) is 161 Å². The zero-order valence-corrected chi connectivity index (χ0v) is 33.1. The predicted octanol–water partition coefficient (Wildman–Crippen LogP) is 12.0. The van der Waals surface area contributed by atoms with Gasteiger partial charge in [0.05, 0.1) is 67.6 Å². The maximum Gasteiger partial charge on any atom is 0.106 e. The van der Waals surface area contributed by atoms with Crippen molar-refractivity contribution in [2.45, 2.75) is 0 Å². The highest BCUT2D eigenvalue weighted by Gasteiger charge is 2.20. The Balaban J connectivity index is 1.49. The molecule has 8 nitrogen and oxygen atoms in total. The number of fused-ring (bicyclic) bond motifs is 8. The van der Waals surface area contributed by atoms with Crippen molar-refractivity contribution in [3.05, 3.63) is 138 Å². The van der Waals surface area contributed by atoms with Gasteiger partial charge in [0.2, 0.25) is 0 Å². The molecule has 9 heterocycles. The molecule has 8 bridgehead atoms. The first-order valence-corrected chi connectivity index (χ1v) is 19.2. The number of hydrogen-bond acceptors (Lipinski definition) is 6. The molecule has 2 aliphatic rings. The van der Waals surface area contributed by atoms with E-state index >= 15 is 0 Å². The highest BCUT2D eigenvalue weighted by Crippen LogP contribution is 2.38. The second-order valence-electron chi connectivity index (χ2n) is 11.9. The molecule has 0 spiro atoms. The summed E-state index contributed by atoms with van der Waals surface area (Å²) in [6, 6.07) is 31.7. The Morgan fingerprint density at radius 1 is 0.308 bits per heavy atom. The Labute approximate surface area is 330 Å². The summed E-state index contributed by atoms with van der Waals surface area (Å²) in [7, 11) is 0. The van der Waals surface area contributed by atoms with Gasteiger partial charge in [-0.1, -0.05) is 24.3 Å². The van der Waals surface area contributed by atoms with E-state index in [0.717, 1.165) is 108 Å². The molecule has 0 saturated heterocycles. The van der Waals surface area contributed by atoms with Gasteiger partial charge >= 0.3 is 0 Å². The zero-order chi connectivity index (χ0) is 35.3. The largest absolute Gasteiger partial charge is 0.354 e. The number of halogens is 4. The molecule has 0 atom stereocenters. The SMILES string of the molecule is Brc1cccc(-c2c3nc(c(-c4cccc(Br)n4)c4ccc([nH]4)c(-c4cccc(Br)n4)c4nc(c(-c5cccc(Br)n5)c5ccc2[nH]5)C=C4)C=C3)n1. The van der Waals surface area contributed by atoms with E-state index in [1.165, 1.54) is 0 Å². The normalized spacial score (nSPS) is 12.1. The minimum Gasteiger partial charge on any atom is -0.354 e. The molecule has 0 saturated carbocycles. The zero-order valence-electron chi connectivity index (χ0n) is 26.7. The average Bonchev–Trinajstić information content (AvgIpc) is 3.96. The summed E-state index contributed by atoms with van der Waals surface area (Å²) in [5.74, 6) is 0. The van der Waals surface area contributed by atoms with Crippen LogP contribution in [0.3, 0.4) is 0 Å². The van der Waals surface area contributed by atoms with Gasteiger partial charge in [0.1, 0.15) is 18.4 Å². The Morgan fingerprint density at radius 2 is 0.558 bits per heavy atom. The molecule has 7 aromatic rings. The number of H-pyrrole nitrogens is 2. The highest BCUT2D eigenvalue weighted by atomic mass is 79.9. The number of rotatable bonds is 4. The summed E-state index contributed by atoms with van der Waals surface area (Å²) in [5.41, 5.74) is 12.8. The van der Waals surface area contributed by atoms with Crippen molar-refractivity contribution < 1.29 is 0 Å². The van der Waals surface area contributed by atoms with Crippen LogP contribution in [0.25, 0.3) is 91.4 Å². The first kappa shape index (κ1) is 33.0. The fraction of sp³-hybridized carbons (Fsp3) is 0. The predicted molar refractivity (Wildman–Crippen MR) is 223 cm³/mol. The van der Waals surface area contributed by atoms with E-state index in [2.05, 4.69) is 98.0 Å². The number of nitrogens with zero attached hydrogens (tertiary/aromatic N) is 6. The topological polar surface area (TPSA) is 109 Å². The van der Waals surface area contributed by atoms with Gasteiger partial charge in [0, 0.05) is 22.3 Å². The molecule has 0 aromatic carbocycles. The molecular weight excluding hydrogens is 912 g/mol. The molecule has 0 radical (unpaired) electrons. The van der Waals surface area contributed by atoms with Gasteiger partial charge in [-0.25, -0.2) is 29.9 Å². The summed E-state index contributed by atoms with van der Waals surface area (Å²) in [6.45, 7) is 0. The maximum atomic E-state index is 5.28. The second-order valence-corrected chi connectivity index (χ2v) is 15.1. The van der Waals surface area contributed by atoms with Gasteiger partial charge in [-0.3, -0.25) is 0 Å². The molecule has 2 N–H and O–H groups in total. The average molecular weight is 934 g/mol. The molecule has 12 heteroatoms. The van der Waals surface area contributed by atoms with Crippen molar-refractivity contribution in [3.8, 4) is 45.0 Å². The van der Waals surface area contributed by atoms with E-state index < -0.39 is 0 Å². The van der Waals surface area contributed by atoms with Crippen LogP contribution in [-0.2, 0) is 0 Å². The quantitative estimate of drug-likeness (QED) is 0.170. The minimum atomic E-state index is 0.721. The molecule has 2 aliphatic heterocycles. The Kier molecular flexibility index (Phi) is 8.62. The summed E-state index contributed by atoms with van der Waals surface area (Å²) in [6.07, 6.45) is 8.12. The molecular formula is C40H22Br4N8. The fourth-order valence-corrected chi connectivity index (χ4v) is 7.85. The van der Waals surface area contributed by atoms with Crippen molar-refractivity contribution in [1.29, 1.82) is 0 Å². The number of hydrogen-bond donors (Lipinski definition) is 2. The molecule has 0 aliphatic carbocycles. The van der Waals surface area contributed by atoms with Crippen LogP contribution in [0, 0.1) is 0 Å². The molecule has 52 heavy (non-hydrogen) atoms. The van der Waals surface area contributed by atoms with Crippen molar-refractivity contribution in [2.75, 3.05) is 0 Å². The summed E-state index contributed by atoms with van der Waals surface area (Å²) < 4.78 is 2.88. The first-order chi connectivity index (χ1) is 25.4. The molecule has 0 fully saturated rings. The van der Waals surface area contributed by atoms with Crippen LogP contribution in [0.4, 0.5) is 0 Å². The van der Waals surface area contributed by atoms with E-state index in [9.17, 15) is 0 Å². The van der Waals surface area contributed by atoms with Crippen LogP contribution < -0.4 is 0 Å². The summed E-state index contributed by atoms with van der Waals surface area (Å²) in [5, 5.41) is 0. The van der Waals surface area contributed by atoms with Crippen molar-refractivity contribution in [2.24, 2.45) is 0 Å². The molecule has 0 amide bonds. The van der Waals surface area contributed by atoms with Crippen LogP contribution in [-0.4, -0.2) is 39.9 Å². The van der Waals surface area contributed by atoms with Crippen molar-refractivity contribution in [1.82, 2.24) is 39.9 Å². The van der Waals surface area contributed by atoms with Crippen LogP contribution in [0.2, 0.25) is 0 Å². The minimum absolute atomic E-state index is 0.721. The summed E-state index contributed by atoms with van der Waals surface area (Å²) in [4.78, 5) is 37.5. The number of aromatic amines is 2. The third-order valence-electron chi connectivity index (χ3n) is 8.64. The molecule has 7 aromatic heterocycles. The lowest BCUT2D eigenvalue weighted by atomic mass is 10.1. The van der Waals surface area contributed by atoms with Crippen molar-refractivity contribution >= 4 is 110 Å². The van der Waals surface area contributed by atoms with Gasteiger partial charge < -0.3 is 9.97 Å². The molecule has 250 valence electrons. The van der Waals surface area contributed by atoms with Gasteiger partial charge in [-0.15, -0.1) is 0 Å².